The molecule has 0 aromatic carbocycles. The molecule has 1 saturated carbocycles. The molecule has 0 aromatic rings. The molecule has 0 spiro atoms. The van der Waals surface area contributed by atoms with Crippen LogP contribution >= 0.6 is 0 Å². The van der Waals surface area contributed by atoms with Crippen LogP contribution in [-0.4, -0.2) is 53.5 Å². The van der Waals surface area contributed by atoms with Gasteiger partial charge in [0, 0.05) is 36.3 Å². The average molecular weight is 419 g/mol. The van der Waals surface area contributed by atoms with E-state index in [-0.39, 0.29) is 18.1 Å². The molecule has 2 fully saturated rings. The zero-order chi connectivity index (χ0) is 21.7. The van der Waals surface area contributed by atoms with Gasteiger partial charge in [0.15, 0.2) is 0 Å². The molecule has 30 heavy (non-hydrogen) atoms. The molecule has 8 heteroatoms. The molecule has 1 saturated heterocycles. The van der Waals surface area contributed by atoms with Crippen molar-refractivity contribution in [2.24, 2.45) is 16.3 Å². The molecule has 8 nitrogen and oxygen atoms in total. The van der Waals surface area contributed by atoms with Crippen LogP contribution in [0.1, 0.15) is 65.7 Å². The van der Waals surface area contributed by atoms with E-state index >= 15 is 0 Å². The summed E-state index contributed by atoms with van der Waals surface area (Å²) >= 11 is 0. The molecule has 2 heterocycles. The van der Waals surface area contributed by atoms with Gasteiger partial charge in [0.05, 0.1) is 12.2 Å². The van der Waals surface area contributed by atoms with Crippen molar-refractivity contribution in [2.45, 2.75) is 77.8 Å². The van der Waals surface area contributed by atoms with Crippen LogP contribution in [0.2, 0.25) is 0 Å². The Morgan fingerprint density at radius 2 is 2.13 bits per heavy atom. The van der Waals surface area contributed by atoms with E-state index in [2.05, 4.69) is 22.7 Å². The Hall–Kier alpha value is -2.06. The molecule has 3 aliphatic rings. The Morgan fingerprint density at radius 1 is 1.40 bits per heavy atom. The number of allylic oxidation sites excluding steroid dienone is 1. The van der Waals surface area contributed by atoms with Crippen molar-refractivity contribution in [1.29, 1.82) is 5.41 Å². The Balaban J connectivity index is 1.78. The zero-order valence-corrected chi connectivity index (χ0v) is 18.6. The Labute approximate surface area is 180 Å². The molecule has 6 N–H and O–H groups in total. The number of piperidine rings is 1. The first kappa shape index (κ1) is 22.6. The lowest BCUT2D eigenvalue weighted by Gasteiger charge is -2.49. The van der Waals surface area contributed by atoms with Gasteiger partial charge < -0.3 is 31.2 Å². The third-order valence-electron chi connectivity index (χ3n) is 6.75. The van der Waals surface area contributed by atoms with E-state index in [1.807, 2.05) is 11.8 Å². The SMILES string of the molecule is CCC1(CO)CN(C(=N)C(/C=C(/C)N)=C2/NC(C)=NO2)CCC1NC1CCCCC1. The summed E-state index contributed by atoms with van der Waals surface area (Å²) in [7, 11) is 0. The summed E-state index contributed by atoms with van der Waals surface area (Å²) in [6.07, 6.45) is 9.85. The number of hydrogen-bond donors (Lipinski definition) is 5. The summed E-state index contributed by atoms with van der Waals surface area (Å²) in [6.45, 7) is 7.22. The van der Waals surface area contributed by atoms with E-state index in [9.17, 15) is 5.11 Å². The minimum absolute atomic E-state index is 0.103. The minimum atomic E-state index is -0.282. The second-order valence-corrected chi connectivity index (χ2v) is 9.01. The number of nitrogens with two attached hydrogens (primary N) is 1. The van der Waals surface area contributed by atoms with Gasteiger partial charge in [-0.1, -0.05) is 31.3 Å². The van der Waals surface area contributed by atoms with Crippen molar-refractivity contribution in [2.75, 3.05) is 19.7 Å². The summed E-state index contributed by atoms with van der Waals surface area (Å²) in [5.41, 5.74) is 6.83. The molecule has 1 aliphatic carbocycles. The van der Waals surface area contributed by atoms with Crippen LogP contribution in [0.25, 0.3) is 0 Å². The predicted octanol–water partition coefficient (Wildman–Crippen LogP) is 2.38. The lowest BCUT2D eigenvalue weighted by molar-refractivity contribution is 0.0158. The van der Waals surface area contributed by atoms with Crippen LogP contribution < -0.4 is 16.4 Å². The number of oxime groups is 1. The molecule has 0 amide bonds. The Morgan fingerprint density at radius 3 is 2.70 bits per heavy atom. The fraction of sp³-hybridized carbons (Fsp3) is 0.727. The molecular weight excluding hydrogens is 380 g/mol. The lowest BCUT2D eigenvalue weighted by atomic mass is 9.73. The van der Waals surface area contributed by atoms with Crippen molar-refractivity contribution in [3.8, 4) is 0 Å². The maximum absolute atomic E-state index is 10.4. The Bertz CT molecular complexity index is 715. The second-order valence-electron chi connectivity index (χ2n) is 9.01. The molecule has 0 bridgehead atoms. The summed E-state index contributed by atoms with van der Waals surface area (Å²) in [5, 5.41) is 30.2. The number of aliphatic hydroxyl groups excluding tert-OH is 1. The number of aliphatic hydroxyl groups is 1. The fourth-order valence-electron chi connectivity index (χ4n) is 4.88. The molecule has 168 valence electrons. The Kier molecular flexibility index (Phi) is 7.41. The fourth-order valence-corrected chi connectivity index (χ4v) is 4.88. The van der Waals surface area contributed by atoms with Crippen LogP contribution in [-0.2, 0) is 4.84 Å². The molecule has 2 unspecified atom stereocenters. The molecule has 0 aromatic heterocycles. The average Bonchev–Trinajstić information content (AvgIpc) is 3.18. The van der Waals surface area contributed by atoms with E-state index in [0.29, 0.717) is 41.4 Å². The lowest BCUT2D eigenvalue weighted by Crippen LogP contribution is -2.61. The summed E-state index contributed by atoms with van der Waals surface area (Å²) in [6, 6.07) is 0.804. The van der Waals surface area contributed by atoms with E-state index in [4.69, 9.17) is 16.0 Å². The van der Waals surface area contributed by atoms with Crippen molar-refractivity contribution < 1.29 is 9.94 Å². The van der Waals surface area contributed by atoms with Gasteiger partial charge in [0.2, 0.25) is 5.88 Å². The van der Waals surface area contributed by atoms with Crippen LogP contribution in [0.4, 0.5) is 0 Å². The maximum Gasteiger partial charge on any atom is 0.239 e. The standard InChI is InChI=1S/C22H38N6O2/c1-4-22(14-29)13-28(11-10-19(22)26-17-8-6-5-7-9-17)20(24)18(12-15(2)23)21-25-16(3)27-30-21/h12,17,19,24,26,29H,4-11,13-14,23H2,1-3H3,(H,25,27)/b15-12-,21-18-,24-20?. The molecule has 0 radical (unpaired) electrons. The first-order valence-corrected chi connectivity index (χ1v) is 11.3. The van der Waals surface area contributed by atoms with Crippen molar-refractivity contribution in [3.05, 3.63) is 23.2 Å². The number of rotatable bonds is 6. The van der Waals surface area contributed by atoms with Gasteiger partial charge in [0.1, 0.15) is 11.7 Å². The smallest absolute Gasteiger partial charge is 0.239 e. The second kappa shape index (κ2) is 9.83. The van der Waals surface area contributed by atoms with Crippen LogP contribution in [0.15, 0.2) is 28.4 Å². The van der Waals surface area contributed by atoms with Gasteiger partial charge in [-0.25, -0.2) is 0 Å². The zero-order valence-electron chi connectivity index (χ0n) is 18.6. The van der Waals surface area contributed by atoms with Gasteiger partial charge in [-0.3, -0.25) is 5.41 Å². The number of likely N-dealkylation sites (tertiary alicyclic amines) is 1. The molecule has 3 rings (SSSR count). The third kappa shape index (κ3) is 4.98. The minimum Gasteiger partial charge on any atom is -0.402 e. The maximum atomic E-state index is 10.4. The van der Waals surface area contributed by atoms with E-state index in [1.54, 1.807) is 13.0 Å². The van der Waals surface area contributed by atoms with Crippen molar-refractivity contribution in [3.63, 3.8) is 0 Å². The van der Waals surface area contributed by atoms with Crippen LogP contribution in [0.5, 0.6) is 0 Å². The molecule has 2 atom stereocenters. The molecular formula is C22H38N6O2. The highest BCUT2D eigenvalue weighted by atomic mass is 16.7. The topological polar surface area (TPSA) is 119 Å². The number of hydrogen-bond acceptors (Lipinski definition) is 7. The number of amidine groups is 2. The highest BCUT2D eigenvalue weighted by molar-refractivity contribution is 6.00. The predicted molar refractivity (Wildman–Crippen MR) is 120 cm³/mol. The van der Waals surface area contributed by atoms with E-state index in [1.165, 1.54) is 32.1 Å². The first-order chi connectivity index (χ1) is 14.4. The number of nitrogens with zero attached hydrogens (tertiary/aromatic N) is 2. The third-order valence-corrected chi connectivity index (χ3v) is 6.75. The normalized spacial score (nSPS) is 29.9. The van der Waals surface area contributed by atoms with Gasteiger partial charge >= 0.3 is 0 Å². The van der Waals surface area contributed by atoms with Gasteiger partial charge in [0.25, 0.3) is 0 Å². The van der Waals surface area contributed by atoms with Gasteiger partial charge in [-0.2, -0.15) is 0 Å². The van der Waals surface area contributed by atoms with Crippen LogP contribution in [0, 0.1) is 10.8 Å². The van der Waals surface area contributed by atoms with Crippen molar-refractivity contribution in [1.82, 2.24) is 15.5 Å². The first-order valence-electron chi connectivity index (χ1n) is 11.3. The number of nitrogens with one attached hydrogen (secondary N) is 3. The van der Waals surface area contributed by atoms with Crippen LogP contribution in [0.3, 0.4) is 0 Å². The highest BCUT2D eigenvalue weighted by Crippen LogP contribution is 2.35. The highest BCUT2D eigenvalue weighted by Gasteiger charge is 2.43. The summed E-state index contributed by atoms with van der Waals surface area (Å²) in [4.78, 5) is 7.43. The van der Waals surface area contributed by atoms with Gasteiger partial charge in [-0.15, -0.1) is 0 Å². The van der Waals surface area contributed by atoms with Gasteiger partial charge in [-0.05, 0) is 45.6 Å². The largest absolute Gasteiger partial charge is 0.402 e. The quantitative estimate of drug-likeness (QED) is 0.334. The summed E-state index contributed by atoms with van der Waals surface area (Å²) in [5.74, 6) is 1.41. The monoisotopic (exact) mass is 418 g/mol. The van der Waals surface area contributed by atoms with E-state index < -0.39 is 0 Å². The van der Waals surface area contributed by atoms with E-state index in [0.717, 1.165) is 19.4 Å². The summed E-state index contributed by atoms with van der Waals surface area (Å²) < 4.78 is 0. The molecule has 2 aliphatic heterocycles. The van der Waals surface area contributed by atoms with Crippen molar-refractivity contribution >= 4 is 11.7 Å².